The first kappa shape index (κ1) is 15.9. The highest BCUT2D eigenvalue weighted by Crippen LogP contribution is 2.30. The first-order chi connectivity index (χ1) is 9.87. The molecule has 2 rings (SSSR count). The van der Waals surface area contributed by atoms with Gasteiger partial charge in [-0.25, -0.2) is 8.42 Å². The zero-order chi connectivity index (χ0) is 15.6. The summed E-state index contributed by atoms with van der Waals surface area (Å²) in [5.41, 5.74) is 5.46. The molecule has 0 aromatic heterocycles. The van der Waals surface area contributed by atoms with Crippen LogP contribution in [0, 0.1) is 10.1 Å². The number of rotatable bonds is 4. The van der Waals surface area contributed by atoms with Crippen molar-refractivity contribution < 1.29 is 13.3 Å². The van der Waals surface area contributed by atoms with Crippen LogP contribution in [-0.2, 0) is 10.0 Å². The average Bonchev–Trinajstić information content (AvgIpc) is 2.46. The van der Waals surface area contributed by atoms with Crippen LogP contribution < -0.4 is 5.73 Å². The Morgan fingerprint density at radius 3 is 2.76 bits per heavy atom. The van der Waals surface area contributed by atoms with Crippen LogP contribution in [0.15, 0.2) is 29.2 Å². The molecule has 0 bridgehead atoms. The van der Waals surface area contributed by atoms with E-state index in [4.69, 9.17) is 5.73 Å². The van der Waals surface area contributed by atoms with E-state index in [2.05, 4.69) is 0 Å². The van der Waals surface area contributed by atoms with Crippen LogP contribution in [0.25, 0.3) is 0 Å². The van der Waals surface area contributed by atoms with E-state index in [1.807, 2.05) is 6.92 Å². The van der Waals surface area contributed by atoms with Crippen molar-refractivity contribution in [2.45, 2.75) is 43.2 Å². The van der Waals surface area contributed by atoms with Gasteiger partial charge in [-0.1, -0.05) is 12.5 Å². The lowest BCUT2D eigenvalue weighted by Gasteiger charge is -2.38. The lowest BCUT2D eigenvalue weighted by molar-refractivity contribution is -0.385. The summed E-state index contributed by atoms with van der Waals surface area (Å²) in [6.07, 6.45) is 2.42. The van der Waals surface area contributed by atoms with E-state index in [9.17, 15) is 18.5 Å². The molecule has 21 heavy (non-hydrogen) atoms. The van der Waals surface area contributed by atoms with Crippen LogP contribution >= 0.6 is 0 Å². The van der Waals surface area contributed by atoms with Crippen LogP contribution in [-0.4, -0.2) is 36.3 Å². The van der Waals surface area contributed by atoms with E-state index >= 15 is 0 Å². The fourth-order valence-electron chi connectivity index (χ4n) is 2.80. The van der Waals surface area contributed by atoms with E-state index < -0.39 is 14.9 Å². The molecule has 0 amide bonds. The Morgan fingerprint density at radius 2 is 2.14 bits per heavy atom. The predicted molar refractivity (Wildman–Crippen MR) is 78.3 cm³/mol. The largest absolute Gasteiger partial charge is 0.329 e. The van der Waals surface area contributed by atoms with Gasteiger partial charge >= 0.3 is 0 Å². The maximum Gasteiger partial charge on any atom is 0.270 e. The molecule has 0 spiro atoms. The Kier molecular flexibility index (Phi) is 4.60. The average molecular weight is 313 g/mol. The van der Waals surface area contributed by atoms with Gasteiger partial charge in [-0.15, -0.1) is 0 Å². The lowest BCUT2D eigenvalue weighted by Crippen LogP contribution is -2.51. The number of nitro groups is 1. The van der Waals surface area contributed by atoms with E-state index in [1.165, 1.54) is 22.5 Å². The quantitative estimate of drug-likeness (QED) is 0.669. The minimum absolute atomic E-state index is 0.0519. The van der Waals surface area contributed by atoms with Crippen molar-refractivity contribution in [2.75, 3.05) is 6.54 Å². The Bertz CT molecular complexity index is 632. The third kappa shape index (κ3) is 3.07. The van der Waals surface area contributed by atoms with E-state index in [1.54, 1.807) is 0 Å². The number of non-ortho nitro benzene ring substituents is 1. The van der Waals surface area contributed by atoms with Gasteiger partial charge in [0.15, 0.2) is 0 Å². The molecule has 0 aliphatic carbocycles. The second kappa shape index (κ2) is 6.08. The molecule has 1 aromatic rings. The van der Waals surface area contributed by atoms with Crippen molar-refractivity contribution in [3.05, 3.63) is 34.4 Å². The summed E-state index contributed by atoms with van der Waals surface area (Å²) >= 11 is 0. The van der Waals surface area contributed by atoms with Gasteiger partial charge in [-0.05, 0) is 25.8 Å². The highest BCUT2D eigenvalue weighted by molar-refractivity contribution is 7.89. The van der Waals surface area contributed by atoms with Gasteiger partial charge in [0.2, 0.25) is 10.0 Å². The Balaban J connectivity index is 2.44. The van der Waals surface area contributed by atoms with Crippen LogP contribution in [0.4, 0.5) is 5.69 Å². The zero-order valence-electron chi connectivity index (χ0n) is 11.8. The molecule has 0 radical (unpaired) electrons. The summed E-state index contributed by atoms with van der Waals surface area (Å²) in [5, 5.41) is 10.8. The predicted octanol–water partition coefficient (Wildman–Crippen LogP) is 1.49. The number of nitrogens with zero attached hydrogens (tertiary/aromatic N) is 2. The number of hydrogen-bond donors (Lipinski definition) is 1. The van der Waals surface area contributed by atoms with Gasteiger partial charge in [0.25, 0.3) is 5.69 Å². The fourth-order valence-corrected chi connectivity index (χ4v) is 4.72. The highest BCUT2D eigenvalue weighted by atomic mass is 32.2. The molecule has 2 unspecified atom stereocenters. The number of nitrogens with two attached hydrogens (primary N) is 1. The van der Waals surface area contributed by atoms with Crippen molar-refractivity contribution in [2.24, 2.45) is 5.73 Å². The van der Waals surface area contributed by atoms with E-state index in [0.717, 1.165) is 25.3 Å². The van der Waals surface area contributed by atoms with Gasteiger partial charge in [0, 0.05) is 30.8 Å². The minimum Gasteiger partial charge on any atom is -0.329 e. The Labute approximate surface area is 123 Å². The van der Waals surface area contributed by atoms with Gasteiger partial charge in [0.1, 0.15) is 0 Å². The van der Waals surface area contributed by atoms with Crippen molar-refractivity contribution in [1.82, 2.24) is 4.31 Å². The van der Waals surface area contributed by atoms with Crippen LogP contribution in [0.5, 0.6) is 0 Å². The molecular formula is C13H19N3O4S. The van der Waals surface area contributed by atoms with Crippen LogP contribution in [0.1, 0.15) is 26.2 Å². The summed E-state index contributed by atoms with van der Waals surface area (Å²) in [6.45, 7) is 2.09. The Hall–Kier alpha value is -1.51. The molecule has 1 fully saturated rings. The number of benzene rings is 1. The highest BCUT2D eigenvalue weighted by Gasteiger charge is 2.37. The molecule has 2 N–H and O–H groups in total. The molecule has 1 heterocycles. The second-order valence-electron chi connectivity index (χ2n) is 5.26. The molecule has 7 nitrogen and oxygen atoms in total. The van der Waals surface area contributed by atoms with Gasteiger partial charge in [-0.3, -0.25) is 10.1 Å². The third-order valence-electron chi connectivity index (χ3n) is 3.83. The summed E-state index contributed by atoms with van der Waals surface area (Å²) in [7, 11) is -3.78. The van der Waals surface area contributed by atoms with E-state index in [-0.39, 0.29) is 29.2 Å². The minimum atomic E-state index is -3.78. The van der Waals surface area contributed by atoms with Crippen molar-refractivity contribution >= 4 is 15.7 Å². The smallest absolute Gasteiger partial charge is 0.270 e. The van der Waals surface area contributed by atoms with Crippen LogP contribution in [0.2, 0.25) is 0 Å². The molecular weight excluding hydrogens is 294 g/mol. The molecule has 1 aliphatic heterocycles. The summed E-state index contributed by atoms with van der Waals surface area (Å²) < 4.78 is 27.0. The summed E-state index contributed by atoms with van der Waals surface area (Å²) in [6, 6.07) is 4.74. The number of hydrogen-bond acceptors (Lipinski definition) is 5. The second-order valence-corrected chi connectivity index (χ2v) is 7.10. The zero-order valence-corrected chi connectivity index (χ0v) is 12.6. The Morgan fingerprint density at radius 1 is 1.43 bits per heavy atom. The molecule has 1 aliphatic rings. The van der Waals surface area contributed by atoms with Gasteiger partial charge in [0.05, 0.1) is 9.82 Å². The summed E-state index contributed by atoms with van der Waals surface area (Å²) in [4.78, 5) is 10.2. The monoisotopic (exact) mass is 313 g/mol. The van der Waals surface area contributed by atoms with Crippen LogP contribution in [0.3, 0.4) is 0 Å². The van der Waals surface area contributed by atoms with Crippen molar-refractivity contribution in [1.29, 1.82) is 0 Å². The third-order valence-corrected chi connectivity index (χ3v) is 5.89. The molecule has 8 heteroatoms. The summed E-state index contributed by atoms with van der Waals surface area (Å²) in [5.74, 6) is 0. The normalized spacial score (nSPS) is 23.9. The van der Waals surface area contributed by atoms with E-state index in [0.29, 0.717) is 0 Å². The molecule has 1 aromatic carbocycles. The van der Waals surface area contributed by atoms with Gasteiger partial charge in [-0.2, -0.15) is 4.31 Å². The lowest BCUT2D eigenvalue weighted by atomic mass is 10.00. The maximum absolute atomic E-state index is 12.8. The topological polar surface area (TPSA) is 107 Å². The standard InChI is InChI=1S/C13H19N3O4S/c1-10-4-2-6-12(9-14)15(10)21(19,20)13-7-3-5-11(8-13)16(17)18/h3,5,7-8,10,12H,2,4,6,9,14H2,1H3. The molecule has 2 atom stereocenters. The molecule has 0 saturated carbocycles. The first-order valence-corrected chi connectivity index (χ1v) is 8.30. The number of sulfonamides is 1. The fraction of sp³-hybridized carbons (Fsp3) is 0.538. The molecule has 116 valence electrons. The SMILES string of the molecule is CC1CCCC(CN)N1S(=O)(=O)c1cccc([N+](=O)[O-])c1. The van der Waals surface area contributed by atoms with Gasteiger partial charge < -0.3 is 5.73 Å². The molecule has 1 saturated heterocycles. The van der Waals surface area contributed by atoms with Crippen molar-refractivity contribution in [3.63, 3.8) is 0 Å². The number of nitro benzene ring substituents is 1. The first-order valence-electron chi connectivity index (χ1n) is 6.86. The number of piperidine rings is 1. The van der Waals surface area contributed by atoms with Crippen molar-refractivity contribution in [3.8, 4) is 0 Å². The maximum atomic E-state index is 12.8.